The lowest BCUT2D eigenvalue weighted by Gasteiger charge is -2.30. The van der Waals surface area contributed by atoms with Crippen LogP contribution in [0.4, 0.5) is 0 Å². The second-order valence-corrected chi connectivity index (χ2v) is 8.66. The number of nitrogens with zero attached hydrogens (tertiary/aromatic N) is 2. The molecule has 0 bridgehead atoms. The highest BCUT2D eigenvalue weighted by atomic mass is 16.5. The molecule has 0 saturated carbocycles. The van der Waals surface area contributed by atoms with Crippen LogP contribution in [-0.2, 0) is 12.8 Å². The number of amides is 1. The number of carbonyl (C=O) groups is 1. The molecule has 1 aliphatic carbocycles. The maximum absolute atomic E-state index is 11.6. The fraction of sp³-hybridized carbons (Fsp3) is 0.455. The molecule has 6 nitrogen and oxygen atoms in total. The fourth-order valence-corrected chi connectivity index (χ4v) is 3.92. The number of rotatable bonds is 8. The van der Waals surface area contributed by atoms with Gasteiger partial charge in [-0.1, -0.05) is 19.9 Å². The molecular formula is C22H30N4O2. The van der Waals surface area contributed by atoms with E-state index in [-0.39, 0.29) is 11.0 Å². The largest absolute Gasteiger partial charge is 0.456 e. The summed E-state index contributed by atoms with van der Waals surface area (Å²) in [5.41, 5.74) is 8.54. The third-order valence-electron chi connectivity index (χ3n) is 5.00. The Hall–Kier alpha value is -2.44. The molecule has 1 aromatic carbocycles. The van der Waals surface area contributed by atoms with Gasteiger partial charge in [-0.2, -0.15) is 0 Å². The Labute approximate surface area is 167 Å². The standard InChI is InChI=1S/C22H30N4O2/c1-22(2,14-26(3)4)13-25-17-9-15-5-6-18(11-16(15)10-17)28-20-7-8-24-12-19(20)21(23)27/h5-8,11-12,17,25H,9-10,13-14H2,1-4H3,(H2,23,27). The number of nitrogens with two attached hydrogens (primary N) is 1. The van der Waals surface area contributed by atoms with Gasteiger partial charge >= 0.3 is 0 Å². The predicted molar refractivity (Wildman–Crippen MR) is 111 cm³/mol. The zero-order valence-corrected chi connectivity index (χ0v) is 17.2. The highest BCUT2D eigenvalue weighted by molar-refractivity contribution is 5.95. The van der Waals surface area contributed by atoms with Gasteiger partial charge < -0.3 is 20.7 Å². The van der Waals surface area contributed by atoms with Crippen LogP contribution in [0.1, 0.15) is 35.3 Å². The molecule has 1 atom stereocenters. The number of hydrogen-bond acceptors (Lipinski definition) is 5. The Bertz CT molecular complexity index is 848. The summed E-state index contributed by atoms with van der Waals surface area (Å²) in [5.74, 6) is 0.593. The zero-order valence-electron chi connectivity index (χ0n) is 17.2. The van der Waals surface area contributed by atoms with E-state index in [0.717, 1.165) is 25.9 Å². The van der Waals surface area contributed by atoms with E-state index in [0.29, 0.717) is 17.5 Å². The van der Waals surface area contributed by atoms with Gasteiger partial charge in [0.05, 0.1) is 0 Å². The summed E-state index contributed by atoms with van der Waals surface area (Å²) in [7, 11) is 4.22. The molecular weight excluding hydrogens is 352 g/mol. The van der Waals surface area contributed by atoms with Crippen LogP contribution in [0.2, 0.25) is 0 Å². The molecule has 0 saturated heterocycles. The number of ether oxygens (including phenoxy) is 1. The van der Waals surface area contributed by atoms with E-state index in [1.807, 2.05) is 6.07 Å². The molecule has 0 spiro atoms. The second-order valence-electron chi connectivity index (χ2n) is 8.66. The number of fused-ring (bicyclic) bond motifs is 1. The maximum atomic E-state index is 11.6. The average molecular weight is 383 g/mol. The molecule has 0 aliphatic heterocycles. The van der Waals surface area contributed by atoms with E-state index in [1.54, 1.807) is 12.3 Å². The first kappa shape index (κ1) is 20.3. The number of aromatic nitrogens is 1. The first-order valence-electron chi connectivity index (χ1n) is 9.65. The van der Waals surface area contributed by atoms with Gasteiger partial charge in [0.2, 0.25) is 0 Å². The van der Waals surface area contributed by atoms with Crippen molar-refractivity contribution in [3.8, 4) is 11.5 Å². The van der Waals surface area contributed by atoms with Crippen molar-refractivity contribution < 1.29 is 9.53 Å². The number of primary amides is 1. The normalized spacial score (nSPS) is 16.2. The van der Waals surface area contributed by atoms with Crippen LogP contribution in [0.25, 0.3) is 0 Å². The number of hydrogen-bond donors (Lipinski definition) is 2. The number of carbonyl (C=O) groups excluding carboxylic acids is 1. The van der Waals surface area contributed by atoms with Crippen molar-refractivity contribution in [3.63, 3.8) is 0 Å². The van der Waals surface area contributed by atoms with E-state index in [4.69, 9.17) is 10.5 Å². The molecule has 6 heteroatoms. The summed E-state index contributed by atoms with van der Waals surface area (Å²) >= 11 is 0. The van der Waals surface area contributed by atoms with Crippen LogP contribution in [0.3, 0.4) is 0 Å². The number of benzene rings is 1. The van der Waals surface area contributed by atoms with Crippen molar-refractivity contribution >= 4 is 5.91 Å². The Kier molecular flexibility index (Phi) is 6.01. The SMILES string of the molecule is CN(C)CC(C)(C)CNC1Cc2ccc(Oc3ccncc3C(N)=O)cc2C1. The summed E-state index contributed by atoms with van der Waals surface area (Å²) < 4.78 is 5.92. The minimum absolute atomic E-state index is 0.221. The quantitative estimate of drug-likeness (QED) is 0.734. The van der Waals surface area contributed by atoms with E-state index >= 15 is 0 Å². The number of nitrogens with one attached hydrogen (secondary N) is 1. The smallest absolute Gasteiger partial charge is 0.254 e. The summed E-state index contributed by atoms with van der Waals surface area (Å²) in [5, 5.41) is 3.73. The molecule has 1 unspecified atom stereocenters. The molecule has 1 heterocycles. The molecule has 0 fully saturated rings. The minimum Gasteiger partial charge on any atom is -0.456 e. The maximum Gasteiger partial charge on any atom is 0.254 e. The van der Waals surface area contributed by atoms with Crippen LogP contribution in [0.5, 0.6) is 11.5 Å². The third kappa shape index (κ3) is 5.09. The van der Waals surface area contributed by atoms with Gasteiger partial charge in [0.15, 0.2) is 0 Å². The van der Waals surface area contributed by atoms with E-state index < -0.39 is 5.91 Å². The first-order valence-corrected chi connectivity index (χ1v) is 9.65. The molecule has 1 aromatic heterocycles. The average Bonchev–Trinajstić information content (AvgIpc) is 3.01. The minimum atomic E-state index is -0.547. The Morgan fingerprint density at radius 1 is 1.29 bits per heavy atom. The lowest BCUT2D eigenvalue weighted by Crippen LogP contribution is -2.42. The highest BCUT2D eigenvalue weighted by Gasteiger charge is 2.25. The fourth-order valence-electron chi connectivity index (χ4n) is 3.92. The monoisotopic (exact) mass is 382 g/mol. The molecule has 3 rings (SSSR count). The Morgan fingerprint density at radius 2 is 2.04 bits per heavy atom. The van der Waals surface area contributed by atoms with E-state index in [1.165, 1.54) is 17.3 Å². The van der Waals surface area contributed by atoms with Gasteiger partial charge in [-0.15, -0.1) is 0 Å². The van der Waals surface area contributed by atoms with Crippen LogP contribution in [0, 0.1) is 5.41 Å². The van der Waals surface area contributed by atoms with Crippen molar-refractivity contribution in [2.75, 3.05) is 27.2 Å². The van der Waals surface area contributed by atoms with Crippen molar-refractivity contribution in [3.05, 3.63) is 53.3 Å². The van der Waals surface area contributed by atoms with Crippen LogP contribution in [0.15, 0.2) is 36.7 Å². The van der Waals surface area contributed by atoms with Crippen LogP contribution < -0.4 is 15.8 Å². The Balaban J connectivity index is 1.64. The molecule has 1 aliphatic rings. The number of pyridine rings is 1. The Morgan fingerprint density at radius 3 is 2.75 bits per heavy atom. The van der Waals surface area contributed by atoms with Crippen molar-refractivity contribution in [2.45, 2.75) is 32.7 Å². The highest BCUT2D eigenvalue weighted by Crippen LogP contribution is 2.30. The second kappa shape index (κ2) is 8.29. The third-order valence-corrected chi connectivity index (χ3v) is 5.00. The summed E-state index contributed by atoms with van der Waals surface area (Å²) in [6, 6.07) is 8.22. The molecule has 28 heavy (non-hydrogen) atoms. The summed E-state index contributed by atoms with van der Waals surface area (Å²) in [6.45, 7) is 6.61. The first-order chi connectivity index (χ1) is 13.2. The molecule has 1 amide bonds. The summed E-state index contributed by atoms with van der Waals surface area (Å²) in [4.78, 5) is 17.7. The molecule has 3 N–H and O–H groups in total. The molecule has 0 radical (unpaired) electrons. The van der Waals surface area contributed by atoms with Gasteiger partial charge in [0.1, 0.15) is 17.1 Å². The topological polar surface area (TPSA) is 80.5 Å². The van der Waals surface area contributed by atoms with Gasteiger partial charge in [0, 0.05) is 31.5 Å². The lowest BCUT2D eigenvalue weighted by atomic mass is 9.92. The van der Waals surface area contributed by atoms with Crippen molar-refractivity contribution in [1.29, 1.82) is 0 Å². The van der Waals surface area contributed by atoms with Crippen molar-refractivity contribution in [2.24, 2.45) is 11.1 Å². The van der Waals surface area contributed by atoms with Crippen molar-refractivity contribution in [1.82, 2.24) is 15.2 Å². The van der Waals surface area contributed by atoms with Crippen LogP contribution >= 0.6 is 0 Å². The van der Waals surface area contributed by atoms with Gasteiger partial charge in [-0.25, -0.2) is 0 Å². The predicted octanol–water partition coefficient (Wildman–Crippen LogP) is 2.62. The van der Waals surface area contributed by atoms with E-state index in [9.17, 15) is 4.79 Å². The molecule has 150 valence electrons. The van der Waals surface area contributed by atoms with Gasteiger partial charge in [-0.3, -0.25) is 9.78 Å². The molecule has 2 aromatic rings. The lowest BCUT2D eigenvalue weighted by molar-refractivity contribution is 0.0997. The van der Waals surface area contributed by atoms with Gasteiger partial charge in [-0.05, 0) is 61.7 Å². The van der Waals surface area contributed by atoms with Crippen LogP contribution in [-0.4, -0.2) is 49.0 Å². The zero-order chi connectivity index (χ0) is 20.3. The summed E-state index contributed by atoms with van der Waals surface area (Å²) in [6.07, 6.45) is 5.02. The van der Waals surface area contributed by atoms with Gasteiger partial charge in [0.25, 0.3) is 5.91 Å². The van der Waals surface area contributed by atoms with E-state index in [2.05, 4.69) is 55.3 Å².